The van der Waals surface area contributed by atoms with Gasteiger partial charge < -0.3 is 25.7 Å². The molecule has 1 atom stereocenters. The molecular formula is C12H18NO6P. The summed E-state index contributed by atoms with van der Waals surface area (Å²) in [6.45, 7) is -0.200. The van der Waals surface area contributed by atoms with Crippen molar-refractivity contribution in [3.05, 3.63) is 34.9 Å². The highest BCUT2D eigenvalue weighted by Crippen LogP contribution is 2.35. The van der Waals surface area contributed by atoms with Crippen LogP contribution in [0.1, 0.15) is 16.7 Å². The van der Waals surface area contributed by atoms with Crippen LogP contribution >= 0.6 is 7.60 Å². The van der Waals surface area contributed by atoms with Gasteiger partial charge in [-0.3, -0.25) is 9.36 Å². The third kappa shape index (κ3) is 5.40. The fourth-order valence-corrected chi connectivity index (χ4v) is 2.33. The highest BCUT2D eigenvalue weighted by molar-refractivity contribution is 7.51. The second-order valence-electron chi connectivity index (χ2n) is 4.55. The van der Waals surface area contributed by atoms with Crippen LogP contribution in [0, 0.1) is 0 Å². The summed E-state index contributed by atoms with van der Waals surface area (Å²) in [6.07, 6.45) is -0.155. The third-order valence-corrected chi connectivity index (χ3v) is 3.69. The third-order valence-electron chi connectivity index (χ3n) is 2.88. The number of benzene rings is 1. The number of aliphatic carboxylic acids is 1. The highest BCUT2D eigenvalue weighted by atomic mass is 31.2. The Kier molecular flexibility index (Phi) is 5.86. The van der Waals surface area contributed by atoms with Crippen molar-refractivity contribution in [3.63, 3.8) is 0 Å². The van der Waals surface area contributed by atoms with Crippen LogP contribution in [0.2, 0.25) is 0 Å². The molecule has 0 saturated heterocycles. The Labute approximate surface area is 116 Å². The van der Waals surface area contributed by atoms with E-state index in [4.69, 9.17) is 25.7 Å². The van der Waals surface area contributed by atoms with Gasteiger partial charge in [-0.05, 0) is 29.5 Å². The molecule has 1 aromatic carbocycles. The molecule has 0 unspecified atom stereocenters. The van der Waals surface area contributed by atoms with E-state index < -0.39 is 19.6 Å². The predicted molar refractivity (Wildman–Crippen MR) is 72.3 cm³/mol. The summed E-state index contributed by atoms with van der Waals surface area (Å²) in [6, 6.07) is 3.77. The summed E-state index contributed by atoms with van der Waals surface area (Å²) < 4.78 is 10.9. The molecule has 0 amide bonds. The number of carbonyl (C=O) groups is 1. The summed E-state index contributed by atoms with van der Waals surface area (Å²) in [5.74, 6) is -1.15. The first-order chi connectivity index (χ1) is 9.23. The summed E-state index contributed by atoms with van der Waals surface area (Å²) in [5, 5.41) is 17.9. The zero-order valence-electron chi connectivity index (χ0n) is 10.8. The molecule has 1 aromatic rings. The summed E-state index contributed by atoms with van der Waals surface area (Å²) >= 11 is 0. The van der Waals surface area contributed by atoms with E-state index in [2.05, 4.69) is 0 Å². The molecular weight excluding hydrogens is 285 g/mol. The maximum absolute atomic E-state index is 10.9. The predicted octanol–water partition coefficient (Wildman–Crippen LogP) is -0.147. The van der Waals surface area contributed by atoms with Gasteiger partial charge in [0.15, 0.2) is 0 Å². The number of aliphatic hydroxyl groups excluding tert-OH is 1. The van der Waals surface area contributed by atoms with Crippen LogP contribution in [0.15, 0.2) is 18.2 Å². The van der Waals surface area contributed by atoms with Crippen LogP contribution in [0.4, 0.5) is 0 Å². The van der Waals surface area contributed by atoms with Gasteiger partial charge >= 0.3 is 13.6 Å². The number of carboxylic acid groups (broad SMARTS) is 1. The Hall–Kier alpha value is -1.24. The maximum atomic E-state index is 10.9. The smallest absolute Gasteiger partial charge is 0.325 e. The monoisotopic (exact) mass is 303 g/mol. The molecule has 1 rings (SSSR count). The largest absolute Gasteiger partial charge is 0.480 e. The number of aliphatic hydroxyl groups is 1. The van der Waals surface area contributed by atoms with Crippen molar-refractivity contribution in [3.8, 4) is 0 Å². The average Bonchev–Trinajstić information content (AvgIpc) is 2.35. The molecule has 0 fully saturated rings. The molecule has 0 aliphatic carbocycles. The fraction of sp³-hybridized carbons (Fsp3) is 0.417. The first-order valence-electron chi connectivity index (χ1n) is 5.97. The van der Waals surface area contributed by atoms with E-state index in [0.29, 0.717) is 16.7 Å². The number of rotatable bonds is 7. The van der Waals surface area contributed by atoms with Crippen LogP contribution in [0.3, 0.4) is 0 Å². The zero-order valence-corrected chi connectivity index (χ0v) is 11.7. The molecule has 20 heavy (non-hydrogen) atoms. The van der Waals surface area contributed by atoms with E-state index in [1.807, 2.05) is 0 Å². The lowest BCUT2D eigenvalue weighted by molar-refractivity contribution is -0.138. The minimum absolute atomic E-state index is 0.0413. The number of aryl methyl sites for hydroxylation is 1. The van der Waals surface area contributed by atoms with Gasteiger partial charge in [0.25, 0.3) is 0 Å². The number of carboxylic acids is 1. The van der Waals surface area contributed by atoms with E-state index in [1.54, 1.807) is 18.2 Å². The minimum Gasteiger partial charge on any atom is -0.480 e. The lowest BCUT2D eigenvalue weighted by atomic mass is 9.97. The second kappa shape index (κ2) is 6.97. The number of nitrogens with two attached hydrogens (primary N) is 1. The van der Waals surface area contributed by atoms with Crippen LogP contribution in [-0.4, -0.2) is 38.2 Å². The quantitative estimate of drug-likeness (QED) is 0.441. The topological polar surface area (TPSA) is 141 Å². The summed E-state index contributed by atoms with van der Waals surface area (Å²) in [5.41, 5.74) is 7.28. The van der Waals surface area contributed by atoms with E-state index in [9.17, 15) is 9.36 Å². The molecule has 0 radical (unpaired) electrons. The van der Waals surface area contributed by atoms with Crippen molar-refractivity contribution in [2.45, 2.75) is 25.5 Å². The van der Waals surface area contributed by atoms with Gasteiger partial charge in [0, 0.05) is 0 Å². The zero-order chi connectivity index (χ0) is 15.3. The summed E-state index contributed by atoms with van der Waals surface area (Å²) in [7, 11) is -4.12. The van der Waals surface area contributed by atoms with Gasteiger partial charge in [-0.1, -0.05) is 18.2 Å². The van der Waals surface area contributed by atoms with Gasteiger partial charge in [0.1, 0.15) is 6.04 Å². The Balaban J connectivity index is 2.97. The number of hydrogen-bond acceptors (Lipinski definition) is 4. The summed E-state index contributed by atoms with van der Waals surface area (Å²) in [4.78, 5) is 28.6. The van der Waals surface area contributed by atoms with Gasteiger partial charge in [-0.25, -0.2) is 0 Å². The first kappa shape index (κ1) is 16.8. The second-order valence-corrected chi connectivity index (χ2v) is 6.32. The molecule has 0 saturated carbocycles. The molecule has 7 nitrogen and oxygen atoms in total. The van der Waals surface area contributed by atoms with E-state index in [0.717, 1.165) is 0 Å². The molecule has 0 bridgehead atoms. The lowest BCUT2D eigenvalue weighted by Crippen LogP contribution is -2.32. The maximum Gasteiger partial charge on any atom is 0.325 e. The van der Waals surface area contributed by atoms with Crippen LogP contribution < -0.4 is 5.73 Å². The molecule has 0 aliphatic rings. The van der Waals surface area contributed by atoms with Crippen LogP contribution in [0.25, 0.3) is 0 Å². The molecule has 0 spiro atoms. The van der Waals surface area contributed by atoms with E-state index in [-0.39, 0.29) is 25.6 Å². The lowest BCUT2D eigenvalue weighted by Gasteiger charge is -2.14. The standard InChI is InChI=1S/C12H18NO6P/c13-11(12(15)16)6-10-5-8(7-14)1-2-9(10)3-4-20(17,18)19/h1-2,5,11,14H,3-4,6-7,13H2,(H,15,16)(H2,17,18,19)/t11-/m0/s1. The molecule has 112 valence electrons. The van der Waals surface area contributed by atoms with Gasteiger partial charge in [-0.2, -0.15) is 0 Å². The Morgan fingerprint density at radius 1 is 1.30 bits per heavy atom. The molecule has 0 heterocycles. The van der Waals surface area contributed by atoms with Gasteiger partial charge in [0.05, 0.1) is 12.8 Å². The Morgan fingerprint density at radius 2 is 1.95 bits per heavy atom. The van der Waals surface area contributed by atoms with Gasteiger partial charge in [0.2, 0.25) is 0 Å². The van der Waals surface area contributed by atoms with Crippen molar-refractivity contribution in [1.29, 1.82) is 0 Å². The van der Waals surface area contributed by atoms with E-state index in [1.165, 1.54) is 0 Å². The average molecular weight is 303 g/mol. The van der Waals surface area contributed by atoms with E-state index >= 15 is 0 Å². The first-order valence-corrected chi connectivity index (χ1v) is 7.77. The van der Waals surface area contributed by atoms with Crippen LogP contribution in [0.5, 0.6) is 0 Å². The van der Waals surface area contributed by atoms with Crippen molar-refractivity contribution in [2.24, 2.45) is 5.73 Å². The van der Waals surface area contributed by atoms with Crippen molar-refractivity contribution < 1.29 is 29.4 Å². The fourth-order valence-electron chi connectivity index (χ4n) is 1.80. The minimum atomic E-state index is -4.12. The Bertz CT molecular complexity index is 527. The molecule has 8 heteroatoms. The number of hydrogen-bond donors (Lipinski definition) is 5. The molecule has 0 aliphatic heterocycles. The highest BCUT2D eigenvalue weighted by Gasteiger charge is 2.18. The molecule has 6 N–H and O–H groups in total. The van der Waals surface area contributed by atoms with Crippen molar-refractivity contribution >= 4 is 13.6 Å². The normalized spacial score (nSPS) is 13.2. The van der Waals surface area contributed by atoms with Gasteiger partial charge in [-0.15, -0.1) is 0 Å². The molecule has 0 aromatic heterocycles. The van der Waals surface area contributed by atoms with Crippen molar-refractivity contribution in [2.75, 3.05) is 6.16 Å². The van der Waals surface area contributed by atoms with Crippen molar-refractivity contribution in [1.82, 2.24) is 0 Å². The Morgan fingerprint density at radius 3 is 2.45 bits per heavy atom. The van der Waals surface area contributed by atoms with Crippen LogP contribution in [-0.2, 0) is 28.8 Å². The SMILES string of the molecule is N[C@@H](Cc1cc(CO)ccc1CCP(=O)(O)O)C(=O)O.